The Bertz CT molecular complexity index is 645. The largest absolute Gasteiger partial charge is 0.508 e. The van der Waals surface area contributed by atoms with Gasteiger partial charge in [0.2, 0.25) is 0 Å². The molecular formula is C15H11NO2. The molecular weight excluding hydrogens is 226 g/mol. The summed E-state index contributed by atoms with van der Waals surface area (Å²) in [4.78, 5) is 16.2. The number of fused-ring (bicyclic) bond motifs is 1. The van der Waals surface area contributed by atoms with Gasteiger partial charge in [-0.15, -0.1) is 0 Å². The number of phenolic OH excluding ortho intramolecular Hbond substituents is 1. The van der Waals surface area contributed by atoms with Gasteiger partial charge in [0.25, 0.3) is 0 Å². The maximum atomic E-state index is 12.2. The molecule has 1 aliphatic rings. The molecule has 0 radical (unpaired) electrons. The minimum Gasteiger partial charge on any atom is -0.508 e. The van der Waals surface area contributed by atoms with E-state index < -0.39 is 0 Å². The Morgan fingerprint density at radius 1 is 1.28 bits per heavy atom. The molecule has 0 saturated carbocycles. The first kappa shape index (κ1) is 10.7. The second-order valence-electron chi connectivity index (χ2n) is 4.30. The second kappa shape index (κ2) is 4.11. The van der Waals surface area contributed by atoms with E-state index in [1.54, 1.807) is 24.5 Å². The van der Waals surface area contributed by atoms with E-state index in [1.807, 2.05) is 18.2 Å². The number of carbonyl (C=O) groups is 1. The summed E-state index contributed by atoms with van der Waals surface area (Å²) in [6.45, 7) is 0. The fourth-order valence-electron chi connectivity index (χ4n) is 2.17. The number of phenols is 1. The molecule has 0 fully saturated rings. The van der Waals surface area contributed by atoms with Gasteiger partial charge < -0.3 is 5.11 Å². The molecule has 0 amide bonds. The van der Waals surface area contributed by atoms with Crippen LogP contribution in [0, 0.1) is 0 Å². The third-order valence-corrected chi connectivity index (χ3v) is 3.04. The highest BCUT2D eigenvalue weighted by atomic mass is 16.3. The van der Waals surface area contributed by atoms with Crippen LogP contribution in [0.4, 0.5) is 0 Å². The average molecular weight is 237 g/mol. The Balaban J connectivity index is 2.00. The number of Topliss-reactive ketones (excluding diaryl/α,β-unsaturated/α-hetero) is 1. The monoisotopic (exact) mass is 237 g/mol. The zero-order valence-corrected chi connectivity index (χ0v) is 9.63. The lowest BCUT2D eigenvalue weighted by atomic mass is 10.1. The third-order valence-electron chi connectivity index (χ3n) is 3.04. The van der Waals surface area contributed by atoms with Crippen LogP contribution in [0.3, 0.4) is 0 Å². The number of allylic oxidation sites excluding steroid dienone is 1. The van der Waals surface area contributed by atoms with Crippen LogP contribution in [0.15, 0.2) is 48.3 Å². The van der Waals surface area contributed by atoms with Crippen LogP contribution in [0.5, 0.6) is 5.75 Å². The predicted molar refractivity (Wildman–Crippen MR) is 68.4 cm³/mol. The van der Waals surface area contributed by atoms with E-state index in [0.717, 1.165) is 16.7 Å². The lowest BCUT2D eigenvalue weighted by Crippen LogP contribution is -1.95. The number of ketones is 1. The quantitative estimate of drug-likeness (QED) is 0.775. The number of hydrogen-bond donors (Lipinski definition) is 1. The van der Waals surface area contributed by atoms with Crippen molar-refractivity contribution < 1.29 is 9.90 Å². The van der Waals surface area contributed by atoms with Gasteiger partial charge in [-0.05, 0) is 35.4 Å². The van der Waals surface area contributed by atoms with Gasteiger partial charge in [-0.25, -0.2) is 0 Å². The van der Waals surface area contributed by atoms with Gasteiger partial charge in [0, 0.05) is 30.0 Å². The number of benzene rings is 1. The lowest BCUT2D eigenvalue weighted by molar-refractivity contribution is 0.104. The molecule has 0 saturated heterocycles. The van der Waals surface area contributed by atoms with Crippen LogP contribution < -0.4 is 0 Å². The standard InChI is InChI=1S/C15H11NO2/c17-13-4-3-11-7-12(15(18)14(11)8-13)6-10-2-1-5-16-9-10/h1-6,8-9,17H,7H2. The maximum Gasteiger partial charge on any atom is 0.189 e. The number of rotatable bonds is 1. The minimum atomic E-state index is -0.00949. The summed E-state index contributed by atoms with van der Waals surface area (Å²) >= 11 is 0. The van der Waals surface area contributed by atoms with Crippen molar-refractivity contribution in [3.05, 3.63) is 65.0 Å². The topological polar surface area (TPSA) is 50.2 Å². The average Bonchev–Trinajstić information content (AvgIpc) is 2.68. The molecule has 0 bridgehead atoms. The molecule has 1 heterocycles. The van der Waals surface area contributed by atoms with E-state index in [4.69, 9.17) is 0 Å². The van der Waals surface area contributed by atoms with Gasteiger partial charge in [-0.2, -0.15) is 0 Å². The van der Waals surface area contributed by atoms with Gasteiger partial charge in [0.1, 0.15) is 5.75 Å². The van der Waals surface area contributed by atoms with E-state index >= 15 is 0 Å². The van der Waals surface area contributed by atoms with E-state index in [2.05, 4.69) is 4.98 Å². The summed E-state index contributed by atoms with van der Waals surface area (Å²) in [5, 5.41) is 9.41. The highest BCUT2D eigenvalue weighted by Gasteiger charge is 2.24. The Labute approximate surface area is 104 Å². The fourth-order valence-corrected chi connectivity index (χ4v) is 2.17. The molecule has 3 heteroatoms. The predicted octanol–water partition coefficient (Wildman–Crippen LogP) is 2.61. The first-order chi connectivity index (χ1) is 8.74. The van der Waals surface area contributed by atoms with E-state index in [9.17, 15) is 9.90 Å². The number of aromatic hydroxyl groups is 1. The molecule has 18 heavy (non-hydrogen) atoms. The van der Waals surface area contributed by atoms with Crippen LogP contribution in [0.1, 0.15) is 21.5 Å². The Morgan fingerprint density at radius 2 is 2.17 bits per heavy atom. The van der Waals surface area contributed by atoms with Crippen molar-refractivity contribution in [2.45, 2.75) is 6.42 Å². The Morgan fingerprint density at radius 3 is 2.94 bits per heavy atom. The molecule has 0 aliphatic heterocycles. The molecule has 1 aromatic heterocycles. The van der Waals surface area contributed by atoms with E-state index in [1.165, 1.54) is 6.07 Å². The fraction of sp³-hybridized carbons (Fsp3) is 0.0667. The highest BCUT2D eigenvalue weighted by Crippen LogP contribution is 2.30. The number of pyridine rings is 1. The number of carbonyl (C=O) groups excluding carboxylic acids is 1. The van der Waals surface area contributed by atoms with Crippen molar-refractivity contribution in [3.8, 4) is 5.75 Å². The highest BCUT2D eigenvalue weighted by molar-refractivity contribution is 6.15. The van der Waals surface area contributed by atoms with Crippen LogP contribution in [0.2, 0.25) is 0 Å². The van der Waals surface area contributed by atoms with Gasteiger partial charge in [0.15, 0.2) is 5.78 Å². The molecule has 3 nitrogen and oxygen atoms in total. The van der Waals surface area contributed by atoms with Gasteiger partial charge >= 0.3 is 0 Å². The Hall–Kier alpha value is -2.42. The first-order valence-electron chi connectivity index (χ1n) is 5.71. The number of hydrogen-bond acceptors (Lipinski definition) is 3. The SMILES string of the molecule is O=C1C(=Cc2cccnc2)Cc2ccc(O)cc21. The second-order valence-corrected chi connectivity index (χ2v) is 4.30. The number of nitrogens with zero attached hydrogens (tertiary/aromatic N) is 1. The smallest absolute Gasteiger partial charge is 0.189 e. The van der Waals surface area contributed by atoms with Crippen molar-refractivity contribution in [3.63, 3.8) is 0 Å². The summed E-state index contributed by atoms with van der Waals surface area (Å²) in [7, 11) is 0. The molecule has 1 N–H and O–H groups in total. The van der Waals surface area contributed by atoms with Crippen LogP contribution in [0.25, 0.3) is 6.08 Å². The zero-order chi connectivity index (χ0) is 12.5. The normalized spacial score (nSPS) is 16.0. The molecule has 0 atom stereocenters. The summed E-state index contributed by atoms with van der Waals surface area (Å²) in [5.41, 5.74) is 3.22. The molecule has 88 valence electrons. The van der Waals surface area contributed by atoms with Crippen molar-refractivity contribution in [2.24, 2.45) is 0 Å². The van der Waals surface area contributed by atoms with Crippen LogP contribution >= 0.6 is 0 Å². The molecule has 0 spiro atoms. The Kier molecular flexibility index (Phi) is 2.45. The number of aromatic nitrogens is 1. The van der Waals surface area contributed by atoms with Gasteiger partial charge in [-0.1, -0.05) is 12.1 Å². The van der Waals surface area contributed by atoms with Crippen molar-refractivity contribution in [1.82, 2.24) is 4.98 Å². The summed E-state index contributed by atoms with van der Waals surface area (Å²) in [6, 6.07) is 8.69. The van der Waals surface area contributed by atoms with Gasteiger partial charge in [0.05, 0.1) is 0 Å². The maximum absolute atomic E-state index is 12.2. The summed E-state index contributed by atoms with van der Waals surface area (Å²) in [6.07, 6.45) is 5.89. The molecule has 2 aromatic rings. The van der Waals surface area contributed by atoms with Crippen molar-refractivity contribution in [1.29, 1.82) is 0 Å². The zero-order valence-electron chi connectivity index (χ0n) is 9.63. The van der Waals surface area contributed by atoms with E-state index in [0.29, 0.717) is 12.0 Å². The minimum absolute atomic E-state index is 0.00949. The molecule has 0 unspecified atom stereocenters. The van der Waals surface area contributed by atoms with Crippen LogP contribution in [-0.2, 0) is 6.42 Å². The lowest BCUT2D eigenvalue weighted by Gasteiger charge is -1.96. The van der Waals surface area contributed by atoms with Crippen molar-refractivity contribution in [2.75, 3.05) is 0 Å². The summed E-state index contributed by atoms with van der Waals surface area (Å²) < 4.78 is 0. The van der Waals surface area contributed by atoms with E-state index in [-0.39, 0.29) is 11.5 Å². The molecule has 3 rings (SSSR count). The van der Waals surface area contributed by atoms with Crippen LogP contribution in [-0.4, -0.2) is 15.9 Å². The van der Waals surface area contributed by atoms with Gasteiger partial charge in [-0.3, -0.25) is 9.78 Å². The molecule has 1 aliphatic carbocycles. The first-order valence-corrected chi connectivity index (χ1v) is 5.71. The summed E-state index contributed by atoms with van der Waals surface area (Å²) in [5.74, 6) is 0.120. The van der Waals surface area contributed by atoms with Crippen molar-refractivity contribution >= 4 is 11.9 Å². The molecule has 1 aromatic carbocycles. The third kappa shape index (κ3) is 1.80.